The fraction of sp³-hybridized carbons (Fsp3) is 0.474. The highest BCUT2D eigenvalue weighted by molar-refractivity contribution is 6.01. The predicted octanol–water partition coefficient (Wildman–Crippen LogP) is 1.65. The first-order valence-corrected chi connectivity index (χ1v) is 9.09. The summed E-state index contributed by atoms with van der Waals surface area (Å²) in [5, 5.41) is 7.34. The molecule has 0 fully saturated rings. The first-order chi connectivity index (χ1) is 12.9. The molecule has 2 amide bonds. The van der Waals surface area contributed by atoms with E-state index in [0.717, 1.165) is 28.2 Å². The Hall–Kier alpha value is -2.74. The van der Waals surface area contributed by atoms with Gasteiger partial charge in [-0.2, -0.15) is 5.10 Å². The van der Waals surface area contributed by atoms with Gasteiger partial charge in [-0.15, -0.1) is 0 Å². The number of amides is 2. The van der Waals surface area contributed by atoms with Crippen LogP contribution in [0, 0.1) is 13.8 Å². The molecule has 2 aliphatic rings. The van der Waals surface area contributed by atoms with Crippen molar-refractivity contribution in [1.82, 2.24) is 20.1 Å². The Morgan fingerprint density at radius 3 is 2.93 bits per heavy atom. The molecule has 27 heavy (non-hydrogen) atoms. The molecule has 2 aromatic rings. The zero-order valence-electron chi connectivity index (χ0n) is 15.9. The molecule has 4 heterocycles. The predicted molar refractivity (Wildman–Crippen MR) is 98.4 cm³/mol. The standard InChI is InChI=1S/C19H23N5O3/c1-10-11(2)22-24-6-5-15(19(26)23(4)18(10)24)21-17(25)16-7-14-12(3)27-9-13(14)8-20-16/h7-8,12,15H,5-6,9H2,1-4H3,(H,21,25)/t12-,15-/m0/s1. The van der Waals surface area contributed by atoms with Gasteiger partial charge in [-0.25, -0.2) is 4.68 Å². The molecule has 8 heteroatoms. The van der Waals surface area contributed by atoms with Crippen molar-refractivity contribution in [3.05, 3.63) is 40.3 Å². The van der Waals surface area contributed by atoms with E-state index in [9.17, 15) is 9.59 Å². The number of anilines is 1. The number of pyridine rings is 1. The molecule has 0 saturated heterocycles. The fourth-order valence-corrected chi connectivity index (χ4v) is 3.75. The number of nitrogens with zero attached hydrogens (tertiary/aromatic N) is 4. The molecule has 0 saturated carbocycles. The lowest BCUT2D eigenvalue weighted by Crippen LogP contribution is -2.47. The van der Waals surface area contributed by atoms with Crippen molar-refractivity contribution in [2.75, 3.05) is 11.9 Å². The molecule has 0 spiro atoms. The van der Waals surface area contributed by atoms with Crippen molar-refractivity contribution in [2.45, 2.75) is 52.5 Å². The third-order valence-electron chi connectivity index (χ3n) is 5.46. The van der Waals surface area contributed by atoms with E-state index in [1.807, 2.05) is 25.5 Å². The molecule has 4 rings (SSSR count). The zero-order valence-corrected chi connectivity index (χ0v) is 15.9. The van der Waals surface area contributed by atoms with Gasteiger partial charge in [0.15, 0.2) is 0 Å². The number of carbonyl (C=O) groups excluding carboxylic acids is 2. The van der Waals surface area contributed by atoms with E-state index in [1.54, 1.807) is 24.2 Å². The number of carbonyl (C=O) groups is 2. The van der Waals surface area contributed by atoms with Gasteiger partial charge in [0.2, 0.25) is 0 Å². The lowest BCUT2D eigenvalue weighted by atomic mass is 10.1. The van der Waals surface area contributed by atoms with Crippen LogP contribution >= 0.6 is 0 Å². The molecule has 2 aromatic heterocycles. The van der Waals surface area contributed by atoms with Crippen LogP contribution in [0.1, 0.15) is 52.3 Å². The van der Waals surface area contributed by atoms with Gasteiger partial charge in [-0.1, -0.05) is 0 Å². The zero-order chi connectivity index (χ0) is 19.3. The Morgan fingerprint density at radius 1 is 1.37 bits per heavy atom. The van der Waals surface area contributed by atoms with Gasteiger partial charge in [0.25, 0.3) is 11.8 Å². The molecule has 142 valence electrons. The monoisotopic (exact) mass is 369 g/mol. The second-order valence-electron chi connectivity index (χ2n) is 7.19. The van der Waals surface area contributed by atoms with Gasteiger partial charge >= 0.3 is 0 Å². The van der Waals surface area contributed by atoms with Crippen molar-refractivity contribution in [3.8, 4) is 0 Å². The topological polar surface area (TPSA) is 89.4 Å². The summed E-state index contributed by atoms with van der Waals surface area (Å²) in [7, 11) is 1.72. The summed E-state index contributed by atoms with van der Waals surface area (Å²) in [6.07, 6.45) is 2.10. The molecule has 0 aromatic carbocycles. The van der Waals surface area contributed by atoms with Crippen LogP contribution < -0.4 is 10.2 Å². The summed E-state index contributed by atoms with van der Waals surface area (Å²) in [5.41, 5.74) is 4.17. The summed E-state index contributed by atoms with van der Waals surface area (Å²) < 4.78 is 7.40. The van der Waals surface area contributed by atoms with Crippen molar-refractivity contribution >= 4 is 17.6 Å². The average molecular weight is 369 g/mol. The Balaban J connectivity index is 1.54. The maximum absolute atomic E-state index is 12.9. The molecule has 0 bridgehead atoms. The Morgan fingerprint density at radius 2 is 2.15 bits per heavy atom. The van der Waals surface area contributed by atoms with Crippen LogP contribution in [0.3, 0.4) is 0 Å². The number of aromatic nitrogens is 3. The molecule has 2 aliphatic heterocycles. The van der Waals surface area contributed by atoms with E-state index in [4.69, 9.17) is 4.74 Å². The van der Waals surface area contributed by atoms with Crippen LogP contribution in [-0.2, 0) is 22.7 Å². The quantitative estimate of drug-likeness (QED) is 0.869. The number of fused-ring (bicyclic) bond motifs is 2. The Kier molecular flexibility index (Phi) is 4.22. The minimum atomic E-state index is -0.618. The SMILES string of the molecule is Cc1nn2c(c1C)N(C)C(=O)[C@@H](NC(=O)c1cc3c(cn1)CO[C@H]3C)CC2. The van der Waals surface area contributed by atoms with Gasteiger partial charge < -0.3 is 10.1 Å². The second kappa shape index (κ2) is 6.45. The molecule has 0 radical (unpaired) electrons. The maximum Gasteiger partial charge on any atom is 0.270 e. The molecule has 0 unspecified atom stereocenters. The minimum Gasteiger partial charge on any atom is -0.369 e. The van der Waals surface area contributed by atoms with Crippen LogP contribution in [0.2, 0.25) is 0 Å². The number of nitrogens with one attached hydrogen (secondary N) is 1. The summed E-state index contributed by atoms with van der Waals surface area (Å²) in [4.78, 5) is 31.4. The third kappa shape index (κ3) is 2.90. The molecule has 0 aliphatic carbocycles. The molecular formula is C19H23N5O3. The van der Waals surface area contributed by atoms with E-state index >= 15 is 0 Å². The number of likely N-dealkylation sites (N-methyl/N-ethyl adjacent to an activating group) is 1. The van der Waals surface area contributed by atoms with Crippen LogP contribution in [0.15, 0.2) is 12.3 Å². The molecule has 1 N–H and O–H groups in total. The summed E-state index contributed by atoms with van der Waals surface area (Å²) >= 11 is 0. The summed E-state index contributed by atoms with van der Waals surface area (Å²) in [6.45, 7) is 6.91. The summed E-state index contributed by atoms with van der Waals surface area (Å²) in [5.74, 6) is 0.287. The van der Waals surface area contributed by atoms with E-state index in [1.165, 1.54) is 0 Å². The Bertz CT molecular complexity index is 936. The maximum atomic E-state index is 12.9. The highest BCUT2D eigenvalue weighted by Gasteiger charge is 2.32. The van der Waals surface area contributed by atoms with E-state index < -0.39 is 6.04 Å². The third-order valence-corrected chi connectivity index (χ3v) is 5.46. The average Bonchev–Trinajstić information content (AvgIpc) is 3.13. The number of ether oxygens (including phenoxy) is 1. The fourth-order valence-electron chi connectivity index (χ4n) is 3.75. The smallest absolute Gasteiger partial charge is 0.270 e. The van der Waals surface area contributed by atoms with Gasteiger partial charge in [0.05, 0.1) is 18.4 Å². The number of aryl methyl sites for hydroxylation is 2. The number of rotatable bonds is 2. The minimum absolute atomic E-state index is 0.0524. The van der Waals surface area contributed by atoms with Crippen molar-refractivity contribution < 1.29 is 14.3 Å². The lowest BCUT2D eigenvalue weighted by Gasteiger charge is -2.21. The Labute approximate surface area is 157 Å². The van der Waals surface area contributed by atoms with Crippen molar-refractivity contribution in [3.63, 3.8) is 0 Å². The number of hydrogen-bond donors (Lipinski definition) is 1. The molecule has 8 nitrogen and oxygen atoms in total. The highest BCUT2D eigenvalue weighted by Crippen LogP contribution is 2.30. The van der Waals surface area contributed by atoms with Gasteiger partial charge in [-0.3, -0.25) is 19.5 Å². The van der Waals surface area contributed by atoms with Gasteiger partial charge in [0.1, 0.15) is 17.6 Å². The highest BCUT2D eigenvalue weighted by atomic mass is 16.5. The van der Waals surface area contributed by atoms with Crippen LogP contribution in [0.5, 0.6) is 0 Å². The van der Waals surface area contributed by atoms with Gasteiger partial charge in [0, 0.05) is 30.9 Å². The first-order valence-electron chi connectivity index (χ1n) is 9.09. The first kappa shape index (κ1) is 17.7. The van der Waals surface area contributed by atoms with Crippen molar-refractivity contribution in [1.29, 1.82) is 0 Å². The lowest BCUT2D eigenvalue weighted by molar-refractivity contribution is -0.120. The normalized spacial score (nSPS) is 21.6. The van der Waals surface area contributed by atoms with Crippen molar-refractivity contribution in [2.24, 2.45) is 0 Å². The van der Waals surface area contributed by atoms with Crippen LogP contribution in [0.25, 0.3) is 0 Å². The van der Waals surface area contributed by atoms with E-state index in [0.29, 0.717) is 25.3 Å². The van der Waals surface area contributed by atoms with Crippen LogP contribution in [0.4, 0.5) is 5.82 Å². The number of hydrogen-bond acceptors (Lipinski definition) is 5. The van der Waals surface area contributed by atoms with E-state index in [-0.39, 0.29) is 17.9 Å². The summed E-state index contributed by atoms with van der Waals surface area (Å²) in [6, 6.07) is 1.14. The van der Waals surface area contributed by atoms with Crippen LogP contribution in [-0.4, -0.2) is 39.7 Å². The largest absolute Gasteiger partial charge is 0.369 e. The molecular weight excluding hydrogens is 346 g/mol. The van der Waals surface area contributed by atoms with Gasteiger partial charge in [-0.05, 0) is 38.8 Å². The second-order valence-corrected chi connectivity index (χ2v) is 7.19. The van der Waals surface area contributed by atoms with E-state index in [2.05, 4.69) is 15.4 Å². The molecule has 2 atom stereocenters.